The highest BCUT2D eigenvalue weighted by Crippen LogP contribution is 2.06. The van der Waals surface area contributed by atoms with E-state index in [4.69, 9.17) is 4.52 Å². The van der Waals surface area contributed by atoms with Crippen molar-refractivity contribution in [1.29, 1.82) is 0 Å². The molecule has 0 amide bonds. The molecule has 0 fully saturated rings. The van der Waals surface area contributed by atoms with Crippen LogP contribution >= 0.6 is 0 Å². The monoisotopic (exact) mass is 309 g/mol. The Hall–Kier alpha value is -1.59. The number of hydrogen-bond acceptors (Lipinski definition) is 4. The van der Waals surface area contributed by atoms with Crippen LogP contribution in [0, 0.1) is 6.92 Å². The van der Waals surface area contributed by atoms with E-state index < -0.39 is 0 Å². The summed E-state index contributed by atoms with van der Waals surface area (Å²) in [7, 11) is 1.79. The van der Waals surface area contributed by atoms with Gasteiger partial charge >= 0.3 is 0 Å². The Morgan fingerprint density at radius 3 is 2.36 bits per heavy atom. The van der Waals surface area contributed by atoms with Crippen LogP contribution in [-0.2, 0) is 6.42 Å². The van der Waals surface area contributed by atoms with Crippen molar-refractivity contribution in [3.8, 4) is 0 Å². The van der Waals surface area contributed by atoms with E-state index in [9.17, 15) is 0 Å². The van der Waals surface area contributed by atoms with Gasteiger partial charge < -0.3 is 15.2 Å². The fourth-order valence-electron chi connectivity index (χ4n) is 2.24. The minimum Gasteiger partial charge on any atom is -0.356 e. The van der Waals surface area contributed by atoms with E-state index in [0.29, 0.717) is 18.1 Å². The van der Waals surface area contributed by atoms with Gasteiger partial charge in [-0.05, 0) is 13.3 Å². The largest absolute Gasteiger partial charge is 0.356 e. The zero-order valence-corrected chi connectivity index (χ0v) is 14.3. The van der Waals surface area contributed by atoms with Crippen LogP contribution in [0.5, 0.6) is 0 Å². The Morgan fingerprint density at radius 2 is 1.73 bits per heavy atom. The molecule has 0 aliphatic heterocycles. The van der Waals surface area contributed by atoms with Crippen molar-refractivity contribution in [2.45, 2.75) is 65.2 Å². The van der Waals surface area contributed by atoms with Gasteiger partial charge in [0, 0.05) is 26.6 Å². The summed E-state index contributed by atoms with van der Waals surface area (Å²) in [5.41, 5.74) is 0. The predicted molar refractivity (Wildman–Crippen MR) is 90.1 cm³/mol. The normalized spacial score (nSPS) is 11.7. The highest BCUT2D eigenvalue weighted by Gasteiger charge is 2.03. The van der Waals surface area contributed by atoms with E-state index in [2.05, 4.69) is 32.7 Å². The van der Waals surface area contributed by atoms with Crippen molar-refractivity contribution in [2.75, 3.05) is 20.1 Å². The number of rotatable bonds is 11. The van der Waals surface area contributed by atoms with Gasteiger partial charge in [0.1, 0.15) is 0 Å². The maximum atomic E-state index is 5.07. The van der Waals surface area contributed by atoms with Gasteiger partial charge in [0.15, 0.2) is 11.8 Å². The Kier molecular flexibility index (Phi) is 10.1. The summed E-state index contributed by atoms with van der Waals surface area (Å²) in [4.78, 5) is 8.38. The lowest BCUT2D eigenvalue weighted by molar-refractivity contribution is 0.374. The molecule has 1 rings (SSSR count). The van der Waals surface area contributed by atoms with E-state index in [1.165, 1.54) is 44.9 Å². The van der Waals surface area contributed by atoms with Crippen LogP contribution in [0.25, 0.3) is 0 Å². The summed E-state index contributed by atoms with van der Waals surface area (Å²) in [5, 5.41) is 10.4. The van der Waals surface area contributed by atoms with Crippen LogP contribution in [0.2, 0.25) is 0 Å². The lowest BCUT2D eigenvalue weighted by atomic mass is 10.1. The average Bonchev–Trinajstić information content (AvgIpc) is 2.93. The maximum absolute atomic E-state index is 5.07. The molecule has 1 heterocycles. The van der Waals surface area contributed by atoms with E-state index in [-0.39, 0.29) is 0 Å². The summed E-state index contributed by atoms with van der Waals surface area (Å²) in [6.45, 7) is 5.77. The second-order valence-electron chi connectivity index (χ2n) is 5.53. The van der Waals surface area contributed by atoms with Crippen molar-refractivity contribution in [3.63, 3.8) is 0 Å². The van der Waals surface area contributed by atoms with Gasteiger partial charge in [-0.1, -0.05) is 50.6 Å². The first-order valence-corrected chi connectivity index (χ1v) is 8.50. The Balaban J connectivity index is 2.00. The first-order valence-electron chi connectivity index (χ1n) is 8.50. The zero-order valence-electron chi connectivity index (χ0n) is 14.3. The molecule has 0 saturated carbocycles. The van der Waals surface area contributed by atoms with Gasteiger partial charge in [-0.2, -0.15) is 4.98 Å². The molecule has 0 saturated heterocycles. The molecule has 22 heavy (non-hydrogen) atoms. The fourth-order valence-corrected chi connectivity index (χ4v) is 2.24. The lowest BCUT2D eigenvalue weighted by Gasteiger charge is -2.10. The predicted octanol–water partition coefficient (Wildman–Crippen LogP) is 2.84. The summed E-state index contributed by atoms with van der Waals surface area (Å²) < 4.78 is 5.07. The Labute approximate surface area is 134 Å². The maximum Gasteiger partial charge on any atom is 0.228 e. The van der Waals surface area contributed by atoms with Crippen LogP contribution in [0.4, 0.5) is 0 Å². The van der Waals surface area contributed by atoms with Crippen molar-refractivity contribution in [2.24, 2.45) is 4.99 Å². The second-order valence-corrected chi connectivity index (χ2v) is 5.53. The van der Waals surface area contributed by atoms with Crippen molar-refractivity contribution in [3.05, 3.63) is 11.7 Å². The Morgan fingerprint density at radius 1 is 1.05 bits per heavy atom. The highest BCUT2D eigenvalue weighted by atomic mass is 16.5. The third-order valence-corrected chi connectivity index (χ3v) is 3.50. The number of unbranched alkanes of at least 4 members (excludes halogenated alkanes) is 6. The highest BCUT2D eigenvalue weighted by molar-refractivity contribution is 5.79. The molecule has 0 radical (unpaired) electrons. The summed E-state index contributed by atoms with van der Waals surface area (Å²) >= 11 is 0. The number of hydrogen-bond donors (Lipinski definition) is 2. The summed E-state index contributed by atoms with van der Waals surface area (Å²) in [6, 6.07) is 0. The minimum atomic E-state index is 0.660. The molecule has 1 aromatic heterocycles. The molecule has 0 unspecified atom stereocenters. The molecule has 0 spiro atoms. The number of aromatic nitrogens is 2. The number of aryl methyl sites for hydroxylation is 1. The Bertz CT molecular complexity index is 416. The molecule has 1 aromatic rings. The van der Waals surface area contributed by atoms with Crippen LogP contribution in [0.3, 0.4) is 0 Å². The zero-order chi connectivity index (χ0) is 16.0. The topological polar surface area (TPSA) is 75.3 Å². The third-order valence-electron chi connectivity index (χ3n) is 3.50. The van der Waals surface area contributed by atoms with E-state index in [1.54, 1.807) is 7.05 Å². The van der Waals surface area contributed by atoms with Crippen molar-refractivity contribution in [1.82, 2.24) is 20.8 Å². The molecule has 2 N–H and O–H groups in total. The molecular formula is C16H31N5O. The van der Waals surface area contributed by atoms with E-state index in [1.807, 2.05) is 6.92 Å². The van der Waals surface area contributed by atoms with Crippen LogP contribution < -0.4 is 10.6 Å². The van der Waals surface area contributed by atoms with Gasteiger partial charge in [0.05, 0.1) is 0 Å². The fraction of sp³-hybridized carbons (Fsp3) is 0.812. The van der Waals surface area contributed by atoms with Crippen LogP contribution in [-0.4, -0.2) is 36.2 Å². The summed E-state index contributed by atoms with van der Waals surface area (Å²) in [5.74, 6) is 2.17. The smallest absolute Gasteiger partial charge is 0.228 e. The molecule has 0 atom stereocenters. The number of nitrogens with one attached hydrogen (secondary N) is 2. The lowest BCUT2D eigenvalue weighted by Crippen LogP contribution is -2.38. The number of nitrogens with zero attached hydrogens (tertiary/aromatic N) is 3. The molecule has 0 aliphatic carbocycles. The first kappa shape index (κ1) is 18.5. The van der Waals surface area contributed by atoms with E-state index >= 15 is 0 Å². The number of guanidine groups is 1. The molecule has 6 nitrogen and oxygen atoms in total. The van der Waals surface area contributed by atoms with Crippen molar-refractivity contribution >= 4 is 5.96 Å². The van der Waals surface area contributed by atoms with Gasteiger partial charge in [-0.15, -0.1) is 0 Å². The van der Waals surface area contributed by atoms with Gasteiger partial charge in [-0.3, -0.25) is 4.99 Å². The van der Waals surface area contributed by atoms with Gasteiger partial charge in [-0.25, -0.2) is 0 Å². The van der Waals surface area contributed by atoms with E-state index in [0.717, 1.165) is 19.0 Å². The standard InChI is InChI=1S/C16H31N5O/c1-4-5-6-7-8-9-10-12-18-16(17-3)19-13-11-15-20-14(2)21-22-15/h4-13H2,1-3H3,(H2,17,18,19). The van der Waals surface area contributed by atoms with Crippen LogP contribution in [0.1, 0.15) is 63.6 Å². The minimum absolute atomic E-state index is 0.660. The third kappa shape index (κ3) is 8.64. The quantitative estimate of drug-likeness (QED) is 0.373. The molecule has 0 bridgehead atoms. The SMILES string of the molecule is CCCCCCCCCNC(=NC)NCCc1nc(C)no1. The second kappa shape index (κ2) is 12.0. The van der Waals surface area contributed by atoms with Gasteiger partial charge in [0.25, 0.3) is 0 Å². The molecular weight excluding hydrogens is 278 g/mol. The number of aliphatic imine (C=N–C) groups is 1. The molecule has 6 heteroatoms. The molecule has 0 aliphatic rings. The molecule has 0 aromatic carbocycles. The average molecular weight is 309 g/mol. The molecule has 126 valence electrons. The first-order chi connectivity index (χ1) is 10.8. The summed E-state index contributed by atoms with van der Waals surface area (Å²) in [6.07, 6.45) is 9.95. The van der Waals surface area contributed by atoms with Crippen molar-refractivity contribution < 1.29 is 4.52 Å². The van der Waals surface area contributed by atoms with Gasteiger partial charge in [0.2, 0.25) is 5.89 Å². The van der Waals surface area contributed by atoms with Crippen LogP contribution in [0.15, 0.2) is 9.52 Å².